The standard InChI is InChI=1S/C11H20N2O4/c1-3-5-12(4-2)11(17)13-7-8(14)6-9(13)10(15)16/h8-9,14H,3-7H2,1-2H3,(H,15,16)/t8-,9-/m1/s1. The number of aliphatic hydroxyl groups is 1. The maximum atomic E-state index is 12.1. The number of carboxylic acid groups (broad SMARTS) is 1. The van der Waals surface area contributed by atoms with Gasteiger partial charge in [0.05, 0.1) is 6.10 Å². The molecule has 0 spiro atoms. The predicted molar refractivity (Wildman–Crippen MR) is 61.7 cm³/mol. The van der Waals surface area contributed by atoms with Gasteiger partial charge in [-0.25, -0.2) is 9.59 Å². The molecule has 0 radical (unpaired) electrons. The van der Waals surface area contributed by atoms with Crippen LogP contribution in [-0.4, -0.2) is 63.8 Å². The van der Waals surface area contributed by atoms with Crippen LogP contribution in [0.2, 0.25) is 0 Å². The van der Waals surface area contributed by atoms with Crippen molar-refractivity contribution in [2.75, 3.05) is 19.6 Å². The van der Waals surface area contributed by atoms with Gasteiger partial charge < -0.3 is 20.0 Å². The van der Waals surface area contributed by atoms with Crippen LogP contribution in [0.1, 0.15) is 26.7 Å². The predicted octanol–water partition coefficient (Wildman–Crippen LogP) is 0.358. The van der Waals surface area contributed by atoms with Gasteiger partial charge in [0.1, 0.15) is 6.04 Å². The van der Waals surface area contributed by atoms with Crippen LogP contribution in [0, 0.1) is 0 Å². The lowest BCUT2D eigenvalue weighted by molar-refractivity contribution is -0.141. The maximum Gasteiger partial charge on any atom is 0.326 e. The number of carbonyl (C=O) groups is 2. The summed E-state index contributed by atoms with van der Waals surface area (Å²) in [5.74, 6) is -1.05. The summed E-state index contributed by atoms with van der Waals surface area (Å²) < 4.78 is 0. The molecule has 1 aliphatic rings. The van der Waals surface area contributed by atoms with Crippen LogP contribution in [0.25, 0.3) is 0 Å². The molecule has 2 atom stereocenters. The molecule has 0 unspecified atom stereocenters. The smallest absolute Gasteiger partial charge is 0.326 e. The Morgan fingerprint density at radius 2 is 2.06 bits per heavy atom. The lowest BCUT2D eigenvalue weighted by Gasteiger charge is -2.29. The molecule has 2 amide bonds. The van der Waals surface area contributed by atoms with Crippen LogP contribution in [-0.2, 0) is 4.79 Å². The SMILES string of the molecule is CCCN(CC)C(=O)N1C[C@H](O)C[C@@H]1C(=O)O. The number of likely N-dealkylation sites (tertiary alicyclic amines) is 1. The Kier molecular flexibility index (Phi) is 4.74. The van der Waals surface area contributed by atoms with Crippen molar-refractivity contribution >= 4 is 12.0 Å². The monoisotopic (exact) mass is 244 g/mol. The Balaban J connectivity index is 2.75. The van der Waals surface area contributed by atoms with Crippen LogP contribution < -0.4 is 0 Å². The molecule has 1 rings (SSSR count). The van der Waals surface area contributed by atoms with Gasteiger partial charge in [-0.05, 0) is 13.3 Å². The summed E-state index contributed by atoms with van der Waals surface area (Å²) in [6.07, 6.45) is 0.207. The number of β-amino-alcohol motifs (C(OH)–C–C–N with tert-alkyl or cyclic N) is 1. The van der Waals surface area contributed by atoms with Gasteiger partial charge in [-0.1, -0.05) is 6.92 Å². The highest BCUT2D eigenvalue weighted by Gasteiger charge is 2.40. The summed E-state index contributed by atoms with van der Waals surface area (Å²) >= 11 is 0. The topological polar surface area (TPSA) is 81.1 Å². The molecule has 1 aliphatic heterocycles. The van der Waals surface area contributed by atoms with Gasteiger partial charge in [0.15, 0.2) is 0 Å². The molecule has 6 nitrogen and oxygen atoms in total. The van der Waals surface area contributed by atoms with Crippen molar-refractivity contribution in [1.82, 2.24) is 9.80 Å². The first-order valence-electron chi connectivity index (χ1n) is 5.97. The Morgan fingerprint density at radius 3 is 2.53 bits per heavy atom. The molecule has 1 fully saturated rings. The van der Waals surface area contributed by atoms with E-state index < -0.39 is 18.1 Å². The molecule has 2 N–H and O–H groups in total. The van der Waals surface area contributed by atoms with E-state index in [-0.39, 0.29) is 19.0 Å². The van der Waals surface area contributed by atoms with E-state index in [1.54, 1.807) is 4.90 Å². The fourth-order valence-electron chi connectivity index (χ4n) is 2.10. The van der Waals surface area contributed by atoms with Crippen LogP contribution >= 0.6 is 0 Å². The van der Waals surface area contributed by atoms with Crippen molar-refractivity contribution in [1.29, 1.82) is 0 Å². The first-order chi connectivity index (χ1) is 8.01. The number of nitrogens with zero attached hydrogens (tertiary/aromatic N) is 2. The Morgan fingerprint density at radius 1 is 1.41 bits per heavy atom. The van der Waals surface area contributed by atoms with E-state index in [4.69, 9.17) is 5.11 Å². The molecule has 0 bridgehead atoms. The summed E-state index contributed by atoms with van der Waals surface area (Å²) in [4.78, 5) is 26.0. The second kappa shape index (κ2) is 5.86. The van der Waals surface area contributed by atoms with E-state index in [2.05, 4.69) is 0 Å². The van der Waals surface area contributed by atoms with Crippen molar-refractivity contribution < 1.29 is 19.8 Å². The van der Waals surface area contributed by atoms with Crippen LogP contribution in [0.15, 0.2) is 0 Å². The van der Waals surface area contributed by atoms with Crippen molar-refractivity contribution in [3.63, 3.8) is 0 Å². The zero-order chi connectivity index (χ0) is 13.0. The normalized spacial score (nSPS) is 23.8. The Labute approximate surface area is 101 Å². The van der Waals surface area contributed by atoms with Crippen LogP contribution in [0.5, 0.6) is 0 Å². The molecular formula is C11H20N2O4. The van der Waals surface area contributed by atoms with E-state index in [9.17, 15) is 14.7 Å². The Bertz CT molecular complexity index is 295. The fourth-order valence-corrected chi connectivity index (χ4v) is 2.10. The molecule has 0 aromatic carbocycles. The van der Waals surface area contributed by atoms with Crippen LogP contribution in [0.4, 0.5) is 4.79 Å². The highest BCUT2D eigenvalue weighted by molar-refractivity contribution is 5.83. The number of carbonyl (C=O) groups excluding carboxylic acids is 1. The molecule has 1 saturated heterocycles. The second-order valence-corrected chi connectivity index (χ2v) is 4.26. The van der Waals surface area contributed by atoms with Gasteiger partial charge in [0, 0.05) is 26.1 Å². The summed E-state index contributed by atoms with van der Waals surface area (Å²) in [5, 5.41) is 18.5. The van der Waals surface area contributed by atoms with E-state index in [0.29, 0.717) is 13.1 Å². The van der Waals surface area contributed by atoms with Crippen molar-refractivity contribution in [3.05, 3.63) is 0 Å². The highest BCUT2D eigenvalue weighted by atomic mass is 16.4. The minimum Gasteiger partial charge on any atom is -0.480 e. The number of rotatable bonds is 4. The third kappa shape index (κ3) is 3.09. The third-order valence-corrected chi connectivity index (χ3v) is 2.96. The van der Waals surface area contributed by atoms with Gasteiger partial charge in [-0.3, -0.25) is 0 Å². The molecule has 17 heavy (non-hydrogen) atoms. The quantitative estimate of drug-likeness (QED) is 0.748. The maximum absolute atomic E-state index is 12.1. The largest absolute Gasteiger partial charge is 0.480 e. The molecule has 0 aromatic rings. The first-order valence-corrected chi connectivity index (χ1v) is 5.97. The van der Waals surface area contributed by atoms with Gasteiger partial charge in [-0.15, -0.1) is 0 Å². The average Bonchev–Trinajstić information content (AvgIpc) is 2.67. The van der Waals surface area contributed by atoms with Crippen molar-refractivity contribution in [2.45, 2.75) is 38.8 Å². The lowest BCUT2D eigenvalue weighted by atomic mass is 10.2. The molecule has 6 heteroatoms. The zero-order valence-corrected chi connectivity index (χ0v) is 10.3. The summed E-state index contributed by atoms with van der Waals surface area (Å²) in [5.41, 5.74) is 0. The van der Waals surface area contributed by atoms with Crippen LogP contribution in [0.3, 0.4) is 0 Å². The average molecular weight is 244 g/mol. The lowest BCUT2D eigenvalue weighted by Crippen LogP contribution is -2.48. The number of carboxylic acids is 1. The highest BCUT2D eigenvalue weighted by Crippen LogP contribution is 2.20. The molecule has 1 heterocycles. The molecule has 0 aromatic heterocycles. The van der Waals surface area contributed by atoms with E-state index in [1.807, 2.05) is 13.8 Å². The number of aliphatic carboxylic acids is 1. The number of hydrogen-bond donors (Lipinski definition) is 2. The van der Waals surface area contributed by atoms with Crippen molar-refractivity contribution in [2.24, 2.45) is 0 Å². The first kappa shape index (κ1) is 13.8. The van der Waals surface area contributed by atoms with Gasteiger partial charge in [-0.2, -0.15) is 0 Å². The zero-order valence-electron chi connectivity index (χ0n) is 10.3. The summed E-state index contributed by atoms with van der Waals surface area (Å²) in [6, 6.07) is -1.19. The minimum atomic E-state index is -1.05. The van der Waals surface area contributed by atoms with Crippen molar-refractivity contribution in [3.8, 4) is 0 Å². The van der Waals surface area contributed by atoms with E-state index in [0.717, 1.165) is 6.42 Å². The van der Waals surface area contributed by atoms with Gasteiger partial charge in [0.2, 0.25) is 0 Å². The number of hydrogen-bond acceptors (Lipinski definition) is 3. The third-order valence-electron chi connectivity index (χ3n) is 2.96. The molecule has 98 valence electrons. The molecule has 0 aliphatic carbocycles. The minimum absolute atomic E-state index is 0.107. The summed E-state index contributed by atoms with van der Waals surface area (Å²) in [7, 11) is 0. The van der Waals surface area contributed by atoms with E-state index in [1.165, 1.54) is 4.90 Å². The molecule has 0 saturated carbocycles. The second-order valence-electron chi connectivity index (χ2n) is 4.26. The van der Waals surface area contributed by atoms with Gasteiger partial charge in [0.25, 0.3) is 0 Å². The number of urea groups is 1. The van der Waals surface area contributed by atoms with E-state index >= 15 is 0 Å². The number of aliphatic hydroxyl groups excluding tert-OH is 1. The van der Waals surface area contributed by atoms with Gasteiger partial charge >= 0.3 is 12.0 Å². The molecular weight excluding hydrogens is 224 g/mol. The number of amides is 2. The Hall–Kier alpha value is -1.30. The fraction of sp³-hybridized carbons (Fsp3) is 0.818. The summed E-state index contributed by atoms with van der Waals surface area (Å²) in [6.45, 7) is 5.08.